The van der Waals surface area contributed by atoms with Crippen LogP contribution in [0.5, 0.6) is 11.5 Å². The van der Waals surface area contributed by atoms with Gasteiger partial charge in [-0.3, -0.25) is 4.90 Å². The summed E-state index contributed by atoms with van der Waals surface area (Å²) in [6, 6.07) is 3.95. The lowest BCUT2D eigenvalue weighted by Gasteiger charge is -2.40. The monoisotopic (exact) mass is 482 g/mol. The van der Waals surface area contributed by atoms with Crippen molar-refractivity contribution in [1.29, 1.82) is 0 Å². The Labute approximate surface area is 177 Å². The van der Waals surface area contributed by atoms with E-state index in [1.165, 1.54) is 18.2 Å². The number of hydrogen-bond donors (Lipinski definition) is 0. The number of carbonyl (C=O) groups excluding carboxylic acids is 1. The van der Waals surface area contributed by atoms with Gasteiger partial charge >= 0.3 is 12.5 Å². The molecule has 10 heteroatoms. The molecule has 1 saturated heterocycles. The molecule has 1 atom stereocenters. The minimum atomic E-state index is -4.76. The highest BCUT2D eigenvalue weighted by molar-refractivity contribution is 9.10. The van der Waals surface area contributed by atoms with Gasteiger partial charge in [-0.25, -0.2) is 4.79 Å². The van der Waals surface area contributed by atoms with Crippen LogP contribution in [-0.2, 0) is 4.74 Å². The lowest BCUT2D eigenvalue weighted by Crippen LogP contribution is -2.55. The molecule has 0 aromatic heterocycles. The van der Waals surface area contributed by atoms with Crippen LogP contribution in [0.25, 0.3) is 0 Å². The highest BCUT2D eigenvalue weighted by Crippen LogP contribution is 2.32. The second-order valence-corrected chi connectivity index (χ2v) is 8.65. The molecule has 0 radical (unpaired) electrons. The predicted octanol–water partition coefficient (Wildman–Crippen LogP) is 4.67. The summed E-state index contributed by atoms with van der Waals surface area (Å²) in [5.41, 5.74) is -0.539. The van der Waals surface area contributed by atoms with Gasteiger partial charge in [0, 0.05) is 38.3 Å². The first-order valence-corrected chi connectivity index (χ1v) is 10.0. The summed E-state index contributed by atoms with van der Waals surface area (Å²) in [5.74, 6) is -0.0677. The average Bonchev–Trinajstić information content (AvgIpc) is 2.56. The number of alkyl halides is 3. The number of ether oxygens (including phenoxy) is 3. The average molecular weight is 483 g/mol. The fourth-order valence-electron chi connectivity index (χ4n) is 2.88. The molecule has 1 aromatic rings. The minimum Gasteiger partial charge on any atom is -0.491 e. The second-order valence-electron chi connectivity index (χ2n) is 7.80. The summed E-state index contributed by atoms with van der Waals surface area (Å²) < 4.78 is 52.6. The molecule has 2 rings (SSSR count). The molecule has 0 saturated carbocycles. The summed E-state index contributed by atoms with van der Waals surface area (Å²) in [4.78, 5) is 16.0. The maximum Gasteiger partial charge on any atom is 0.573 e. The largest absolute Gasteiger partial charge is 0.573 e. The molecule has 0 spiro atoms. The molecular formula is C19H26BrF3N2O4. The van der Waals surface area contributed by atoms with Crippen molar-refractivity contribution in [3.05, 3.63) is 22.7 Å². The first-order chi connectivity index (χ1) is 13.3. The van der Waals surface area contributed by atoms with E-state index in [1.54, 1.807) is 4.90 Å². The van der Waals surface area contributed by atoms with Gasteiger partial charge in [0.25, 0.3) is 0 Å². The number of halogens is 4. The van der Waals surface area contributed by atoms with Crippen LogP contribution in [-0.4, -0.2) is 66.7 Å². The van der Waals surface area contributed by atoms with Crippen LogP contribution in [0.1, 0.15) is 27.7 Å². The van der Waals surface area contributed by atoms with Gasteiger partial charge in [0.05, 0.1) is 4.47 Å². The lowest BCUT2D eigenvalue weighted by molar-refractivity contribution is -0.274. The highest BCUT2D eigenvalue weighted by Gasteiger charge is 2.32. The van der Waals surface area contributed by atoms with E-state index in [1.807, 2.05) is 27.7 Å². The molecule has 0 bridgehead atoms. The zero-order valence-electron chi connectivity index (χ0n) is 16.9. The Morgan fingerprint density at radius 1 is 1.24 bits per heavy atom. The summed E-state index contributed by atoms with van der Waals surface area (Å²) in [6.07, 6.45) is -5.08. The Bertz CT molecular complexity index is 710. The number of nitrogens with zero attached hydrogens (tertiary/aromatic N) is 2. The molecule has 0 aliphatic carbocycles. The van der Waals surface area contributed by atoms with Crippen molar-refractivity contribution in [2.24, 2.45) is 0 Å². The number of benzene rings is 1. The first-order valence-electron chi connectivity index (χ1n) is 9.24. The molecule has 1 amide bonds. The zero-order chi connectivity index (χ0) is 21.8. The maximum atomic E-state index is 12.4. The third-order valence-corrected chi connectivity index (χ3v) is 4.84. The predicted molar refractivity (Wildman–Crippen MR) is 105 cm³/mol. The number of hydrogen-bond acceptors (Lipinski definition) is 5. The van der Waals surface area contributed by atoms with Crippen LogP contribution in [0, 0.1) is 0 Å². The maximum absolute atomic E-state index is 12.4. The molecule has 29 heavy (non-hydrogen) atoms. The Morgan fingerprint density at radius 3 is 2.52 bits per heavy atom. The Morgan fingerprint density at radius 2 is 1.93 bits per heavy atom. The van der Waals surface area contributed by atoms with Crippen LogP contribution < -0.4 is 9.47 Å². The summed E-state index contributed by atoms with van der Waals surface area (Å²) >= 11 is 3.26. The van der Waals surface area contributed by atoms with Gasteiger partial charge < -0.3 is 19.1 Å². The smallest absolute Gasteiger partial charge is 0.491 e. The van der Waals surface area contributed by atoms with E-state index in [9.17, 15) is 18.0 Å². The summed E-state index contributed by atoms with van der Waals surface area (Å²) in [5, 5.41) is 0. The lowest BCUT2D eigenvalue weighted by atomic mass is 10.2. The SMILES string of the molecule is C[C@@H]1CN(C(=O)OC(C)(C)C)CCN1CCOc1cc(OC(F)(F)F)ccc1Br. The Balaban J connectivity index is 1.84. The second kappa shape index (κ2) is 9.42. The van der Waals surface area contributed by atoms with Gasteiger partial charge in [-0.2, -0.15) is 0 Å². The summed E-state index contributed by atoms with van der Waals surface area (Å²) in [7, 11) is 0. The Hall–Kier alpha value is -1.68. The number of piperazine rings is 1. The van der Waals surface area contributed by atoms with Crippen molar-refractivity contribution in [2.75, 3.05) is 32.8 Å². The number of amides is 1. The third kappa shape index (κ3) is 7.93. The molecule has 6 nitrogen and oxygen atoms in total. The zero-order valence-corrected chi connectivity index (χ0v) is 18.5. The molecule has 0 N–H and O–H groups in total. The molecule has 1 aliphatic heterocycles. The topological polar surface area (TPSA) is 51.2 Å². The summed E-state index contributed by atoms with van der Waals surface area (Å²) in [6.45, 7) is 10.1. The van der Waals surface area contributed by atoms with Crippen molar-refractivity contribution in [2.45, 2.75) is 45.7 Å². The van der Waals surface area contributed by atoms with Crippen LogP contribution in [0.2, 0.25) is 0 Å². The van der Waals surface area contributed by atoms with Gasteiger partial charge in [0.1, 0.15) is 23.7 Å². The number of carbonyl (C=O) groups is 1. The van der Waals surface area contributed by atoms with E-state index in [0.717, 1.165) is 0 Å². The molecule has 1 aliphatic rings. The van der Waals surface area contributed by atoms with E-state index in [0.29, 0.717) is 30.7 Å². The quantitative estimate of drug-likeness (QED) is 0.610. The van der Waals surface area contributed by atoms with Crippen molar-refractivity contribution in [1.82, 2.24) is 9.80 Å². The van der Waals surface area contributed by atoms with Gasteiger partial charge in [-0.15, -0.1) is 13.2 Å². The van der Waals surface area contributed by atoms with E-state index in [-0.39, 0.29) is 30.2 Å². The van der Waals surface area contributed by atoms with E-state index >= 15 is 0 Å². The Kier molecular flexibility index (Phi) is 7.67. The normalized spacial score (nSPS) is 18.5. The van der Waals surface area contributed by atoms with Crippen LogP contribution in [0.4, 0.5) is 18.0 Å². The molecular weight excluding hydrogens is 457 g/mol. The number of rotatable bonds is 5. The first kappa shape index (κ1) is 23.6. The molecule has 0 unspecified atom stereocenters. The molecule has 1 heterocycles. The van der Waals surface area contributed by atoms with E-state index < -0.39 is 12.0 Å². The molecule has 1 fully saturated rings. The van der Waals surface area contributed by atoms with Crippen LogP contribution >= 0.6 is 15.9 Å². The molecule has 164 valence electrons. The van der Waals surface area contributed by atoms with Crippen molar-refractivity contribution >= 4 is 22.0 Å². The van der Waals surface area contributed by atoms with Gasteiger partial charge in [-0.05, 0) is 55.8 Å². The van der Waals surface area contributed by atoms with Gasteiger partial charge in [0.2, 0.25) is 0 Å². The van der Waals surface area contributed by atoms with Crippen molar-refractivity contribution in [3.8, 4) is 11.5 Å². The standard InChI is InChI=1S/C19H26BrF3N2O4/c1-13-12-25(17(26)29-18(2,3)4)8-7-24(13)9-10-27-16-11-14(5-6-15(16)20)28-19(21,22)23/h5-6,11,13H,7-10,12H2,1-4H3/t13-/m1/s1. The van der Waals surface area contributed by atoms with Crippen molar-refractivity contribution in [3.63, 3.8) is 0 Å². The van der Waals surface area contributed by atoms with Crippen LogP contribution in [0.15, 0.2) is 22.7 Å². The van der Waals surface area contributed by atoms with Gasteiger partial charge in [-0.1, -0.05) is 0 Å². The minimum absolute atomic E-state index is 0.100. The van der Waals surface area contributed by atoms with E-state index in [4.69, 9.17) is 9.47 Å². The van der Waals surface area contributed by atoms with Crippen molar-refractivity contribution < 1.29 is 32.2 Å². The fraction of sp³-hybridized carbons (Fsp3) is 0.632. The van der Waals surface area contributed by atoms with Crippen LogP contribution in [0.3, 0.4) is 0 Å². The van der Waals surface area contributed by atoms with E-state index in [2.05, 4.69) is 25.6 Å². The molecule has 1 aromatic carbocycles. The fourth-order valence-corrected chi connectivity index (χ4v) is 3.25. The third-order valence-electron chi connectivity index (χ3n) is 4.19. The van der Waals surface area contributed by atoms with Gasteiger partial charge in [0.15, 0.2) is 0 Å². The highest BCUT2D eigenvalue weighted by atomic mass is 79.9.